The molecule has 4 rings (SSSR count). The van der Waals surface area contributed by atoms with E-state index in [0.29, 0.717) is 17.1 Å². The highest BCUT2D eigenvalue weighted by Gasteiger charge is 2.23. The predicted molar refractivity (Wildman–Crippen MR) is 126 cm³/mol. The van der Waals surface area contributed by atoms with Crippen LogP contribution in [0, 0.1) is 0 Å². The van der Waals surface area contributed by atoms with Gasteiger partial charge >= 0.3 is 0 Å². The van der Waals surface area contributed by atoms with Gasteiger partial charge in [-0.15, -0.1) is 11.3 Å². The molecule has 0 bridgehead atoms. The van der Waals surface area contributed by atoms with Crippen LogP contribution in [0.15, 0.2) is 66.3 Å². The lowest BCUT2D eigenvalue weighted by Gasteiger charge is -2.25. The van der Waals surface area contributed by atoms with Gasteiger partial charge in [0, 0.05) is 25.0 Å². The fourth-order valence-corrected chi connectivity index (χ4v) is 4.09. The van der Waals surface area contributed by atoms with Crippen molar-refractivity contribution in [3.63, 3.8) is 0 Å². The number of carbonyl (C=O) groups excluding carboxylic acids is 1. The highest BCUT2D eigenvalue weighted by molar-refractivity contribution is 7.16. The summed E-state index contributed by atoms with van der Waals surface area (Å²) in [6, 6.07) is 16.2. The number of aliphatic hydroxyl groups is 2. The summed E-state index contributed by atoms with van der Waals surface area (Å²) in [4.78, 5) is 21.1. The van der Waals surface area contributed by atoms with Crippen molar-refractivity contribution in [3.8, 4) is 0 Å². The Kier molecular flexibility index (Phi) is 6.60. The molecule has 0 radical (unpaired) electrons. The zero-order valence-electron chi connectivity index (χ0n) is 17.3. The minimum Gasteiger partial charge on any atom is -0.394 e. The highest BCUT2D eigenvalue weighted by atomic mass is 32.1. The van der Waals surface area contributed by atoms with Crippen LogP contribution in [0.2, 0.25) is 0 Å². The molecule has 1 amide bonds. The summed E-state index contributed by atoms with van der Waals surface area (Å²) in [5.74, 6) is 0.206. The van der Waals surface area contributed by atoms with Gasteiger partial charge in [-0.2, -0.15) is 0 Å². The summed E-state index contributed by atoms with van der Waals surface area (Å²) in [5.41, 5.74) is 5.13. The number of pyridine rings is 1. The third-order valence-corrected chi connectivity index (χ3v) is 5.81. The van der Waals surface area contributed by atoms with Crippen molar-refractivity contribution < 1.29 is 15.0 Å². The third kappa shape index (κ3) is 4.70. The minimum absolute atomic E-state index is 0.317. The van der Waals surface area contributed by atoms with E-state index < -0.39 is 18.8 Å². The summed E-state index contributed by atoms with van der Waals surface area (Å²) in [6.07, 6.45) is 0.399. The molecule has 0 saturated heterocycles. The number of anilines is 3. The molecule has 32 heavy (non-hydrogen) atoms. The number of hydrogen-bond donors (Lipinski definition) is 5. The summed E-state index contributed by atoms with van der Waals surface area (Å²) in [6.45, 7) is -0.438. The standard InChI is InChI=1S/C23H23N5O3S/c1-24-23(31)16-11-25-21(27-15-7-8-17-20(9-15)32-13-26-17)10-18(16)28-22(19(30)12-29)14-5-3-2-4-6-14/h2-11,13,19,22,29-30H,12H2,1H3,(H,24,31)(H2,25,27,28)/t19-,22+/m1/s1. The Morgan fingerprint density at radius 2 is 1.94 bits per heavy atom. The highest BCUT2D eigenvalue weighted by Crippen LogP contribution is 2.29. The van der Waals surface area contributed by atoms with E-state index in [1.165, 1.54) is 6.20 Å². The number of aromatic nitrogens is 2. The molecule has 8 nitrogen and oxygen atoms in total. The van der Waals surface area contributed by atoms with Crippen LogP contribution in [0.25, 0.3) is 10.2 Å². The first-order valence-corrected chi connectivity index (χ1v) is 10.9. The molecule has 0 spiro atoms. The maximum absolute atomic E-state index is 12.4. The predicted octanol–water partition coefficient (Wildman–Crippen LogP) is 3.30. The fourth-order valence-electron chi connectivity index (χ4n) is 3.37. The Balaban J connectivity index is 1.68. The number of benzene rings is 2. The molecular weight excluding hydrogens is 426 g/mol. The molecule has 5 N–H and O–H groups in total. The molecule has 4 aromatic rings. The van der Waals surface area contributed by atoms with Gasteiger partial charge < -0.3 is 26.2 Å². The van der Waals surface area contributed by atoms with Crippen molar-refractivity contribution in [1.82, 2.24) is 15.3 Å². The zero-order chi connectivity index (χ0) is 22.5. The van der Waals surface area contributed by atoms with E-state index in [1.807, 2.05) is 48.5 Å². The van der Waals surface area contributed by atoms with Crippen LogP contribution in [0.3, 0.4) is 0 Å². The molecule has 0 unspecified atom stereocenters. The first kappa shape index (κ1) is 21.7. The molecule has 0 aliphatic rings. The van der Waals surface area contributed by atoms with Crippen LogP contribution < -0.4 is 16.0 Å². The van der Waals surface area contributed by atoms with E-state index in [2.05, 4.69) is 25.9 Å². The van der Waals surface area contributed by atoms with Gasteiger partial charge in [0.05, 0.1) is 39.6 Å². The molecule has 2 atom stereocenters. The molecule has 9 heteroatoms. The lowest BCUT2D eigenvalue weighted by atomic mass is 10.0. The molecule has 164 valence electrons. The van der Waals surface area contributed by atoms with Gasteiger partial charge in [-0.3, -0.25) is 4.79 Å². The smallest absolute Gasteiger partial charge is 0.254 e. The second-order valence-corrected chi connectivity index (χ2v) is 8.02. The first-order valence-electron chi connectivity index (χ1n) is 10.0. The Labute approximate surface area is 189 Å². The molecule has 2 aromatic carbocycles. The average molecular weight is 450 g/mol. The molecule has 2 heterocycles. The number of hydrogen-bond acceptors (Lipinski definition) is 8. The molecule has 0 aliphatic heterocycles. The summed E-state index contributed by atoms with van der Waals surface area (Å²) < 4.78 is 1.05. The van der Waals surface area contributed by atoms with Crippen molar-refractivity contribution in [3.05, 3.63) is 77.4 Å². The van der Waals surface area contributed by atoms with Crippen LogP contribution >= 0.6 is 11.3 Å². The van der Waals surface area contributed by atoms with Crippen LogP contribution in [0.5, 0.6) is 0 Å². The SMILES string of the molecule is CNC(=O)c1cnc(Nc2ccc3ncsc3c2)cc1N[C@@H](c1ccccc1)[C@H](O)CO. The van der Waals surface area contributed by atoms with Crippen molar-refractivity contribution >= 4 is 44.7 Å². The summed E-state index contributed by atoms with van der Waals surface area (Å²) >= 11 is 1.55. The van der Waals surface area contributed by atoms with Gasteiger partial charge in [0.25, 0.3) is 5.91 Å². The topological polar surface area (TPSA) is 119 Å². The van der Waals surface area contributed by atoms with Gasteiger partial charge in [-0.05, 0) is 23.8 Å². The Morgan fingerprint density at radius 1 is 1.12 bits per heavy atom. The van der Waals surface area contributed by atoms with Gasteiger partial charge in [-0.1, -0.05) is 30.3 Å². The molecule has 0 fully saturated rings. The molecular formula is C23H23N5O3S. The Bertz CT molecular complexity index is 1210. The normalized spacial score (nSPS) is 12.8. The van der Waals surface area contributed by atoms with E-state index in [-0.39, 0.29) is 5.91 Å². The maximum atomic E-state index is 12.4. The van der Waals surface area contributed by atoms with E-state index in [1.54, 1.807) is 30.0 Å². The van der Waals surface area contributed by atoms with Crippen LogP contribution in [0.1, 0.15) is 22.0 Å². The average Bonchev–Trinajstić information content (AvgIpc) is 3.30. The van der Waals surface area contributed by atoms with Crippen molar-refractivity contribution in [1.29, 1.82) is 0 Å². The number of amides is 1. The maximum Gasteiger partial charge on any atom is 0.254 e. The van der Waals surface area contributed by atoms with Crippen molar-refractivity contribution in [2.45, 2.75) is 12.1 Å². The van der Waals surface area contributed by atoms with Crippen LogP contribution in [-0.2, 0) is 0 Å². The first-order chi connectivity index (χ1) is 15.6. The van der Waals surface area contributed by atoms with Crippen LogP contribution in [0.4, 0.5) is 17.2 Å². The second kappa shape index (κ2) is 9.73. The molecule has 2 aromatic heterocycles. The number of nitrogens with zero attached hydrogens (tertiary/aromatic N) is 2. The van der Waals surface area contributed by atoms with Crippen molar-refractivity contribution in [2.24, 2.45) is 0 Å². The van der Waals surface area contributed by atoms with Gasteiger partial charge in [0.15, 0.2) is 0 Å². The second-order valence-electron chi connectivity index (χ2n) is 7.14. The van der Waals surface area contributed by atoms with Gasteiger partial charge in [0.2, 0.25) is 0 Å². The van der Waals surface area contributed by atoms with Crippen molar-refractivity contribution in [2.75, 3.05) is 24.3 Å². The van der Waals surface area contributed by atoms with Gasteiger partial charge in [-0.25, -0.2) is 9.97 Å². The Hall–Kier alpha value is -3.53. The van der Waals surface area contributed by atoms with E-state index in [4.69, 9.17) is 0 Å². The molecule has 0 aliphatic carbocycles. The van der Waals surface area contributed by atoms with E-state index in [0.717, 1.165) is 21.5 Å². The number of carbonyl (C=O) groups is 1. The quantitative estimate of drug-likeness (QED) is 0.280. The van der Waals surface area contributed by atoms with E-state index >= 15 is 0 Å². The number of rotatable bonds is 8. The number of thiazole rings is 1. The minimum atomic E-state index is -1.08. The monoisotopic (exact) mass is 449 g/mol. The fraction of sp³-hybridized carbons (Fsp3) is 0.174. The van der Waals surface area contributed by atoms with Gasteiger partial charge in [0.1, 0.15) is 11.9 Å². The molecule has 0 saturated carbocycles. The van der Waals surface area contributed by atoms with Crippen LogP contribution in [-0.4, -0.2) is 45.8 Å². The zero-order valence-corrected chi connectivity index (χ0v) is 18.1. The number of fused-ring (bicyclic) bond motifs is 1. The number of nitrogens with one attached hydrogen (secondary N) is 3. The Morgan fingerprint density at radius 3 is 2.69 bits per heavy atom. The summed E-state index contributed by atoms with van der Waals surface area (Å²) in [5, 5.41) is 29.1. The lowest BCUT2D eigenvalue weighted by molar-refractivity contribution is 0.0793. The third-order valence-electron chi connectivity index (χ3n) is 5.02. The lowest BCUT2D eigenvalue weighted by Crippen LogP contribution is -2.30. The largest absolute Gasteiger partial charge is 0.394 e. The number of aliphatic hydroxyl groups excluding tert-OH is 2. The van der Waals surface area contributed by atoms with E-state index in [9.17, 15) is 15.0 Å². The summed E-state index contributed by atoms with van der Waals surface area (Å²) in [7, 11) is 1.54.